The Labute approximate surface area is 165 Å². The van der Waals surface area contributed by atoms with Gasteiger partial charge < -0.3 is 25.8 Å². The lowest BCUT2D eigenvalue weighted by Gasteiger charge is -2.13. The van der Waals surface area contributed by atoms with Crippen molar-refractivity contribution in [1.82, 2.24) is 16.0 Å². The van der Waals surface area contributed by atoms with E-state index in [0.717, 1.165) is 23.4 Å². The first-order chi connectivity index (χ1) is 13.5. The van der Waals surface area contributed by atoms with Gasteiger partial charge in [0.15, 0.2) is 5.96 Å². The van der Waals surface area contributed by atoms with Gasteiger partial charge in [-0.3, -0.25) is 4.79 Å². The molecule has 28 heavy (non-hydrogen) atoms. The first-order valence-corrected chi connectivity index (χ1v) is 9.27. The van der Waals surface area contributed by atoms with Gasteiger partial charge in [0.05, 0.1) is 19.2 Å². The molecule has 0 aromatic heterocycles. The van der Waals surface area contributed by atoms with Crippen LogP contribution in [0.1, 0.15) is 28.4 Å². The van der Waals surface area contributed by atoms with E-state index in [-0.39, 0.29) is 17.2 Å². The Kier molecular flexibility index (Phi) is 8.14. The number of para-hydroxylation sites is 1. The number of nitrogens with zero attached hydrogens (tertiary/aromatic N) is 1. The molecule has 150 valence electrons. The Balaban J connectivity index is 1.88. The molecule has 2 aromatic rings. The number of hydrogen-bond donors (Lipinski definition) is 4. The van der Waals surface area contributed by atoms with Crippen molar-refractivity contribution in [1.29, 1.82) is 0 Å². The van der Waals surface area contributed by atoms with Gasteiger partial charge in [0.2, 0.25) is 0 Å². The lowest BCUT2D eigenvalue weighted by molar-refractivity contribution is 0.0951. The average molecular weight is 384 g/mol. The summed E-state index contributed by atoms with van der Waals surface area (Å²) in [5.74, 6) is 1.12. The molecule has 1 amide bonds. The highest BCUT2D eigenvalue weighted by Gasteiger charge is 2.09. The summed E-state index contributed by atoms with van der Waals surface area (Å²) in [5.41, 5.74) is 2.39. The number of rotatable bonds is 8. The predicted octanol–water partition coefficient (Wildman–Crippen LogP) is 2.19. The second kappa shape index (κ2) is 10.8. The van der Waals surface area contributed by atoms with Gasteiger partial charge in [0.25, 0.3) is 5.91 Å². The fourth-order valence-corrected chi connectivity index (χ4v) is 2.61. The summed E-state index contributed by atoms with van der Waals surface area (Å²) in [4.78, 5) is 16.7. The Morgan fingerprint density at radius 1 is 1.11 bits per heavy atom. The quantitative estimate of drug-likeness (QED) is 0.318. The van der Waals surface area contributed by atoms with Crippen molar-refractivity contribution in [3.63, 3.8) is 0 Å². The van der Waals surface area contributed by atoms with Crippen LogP contribution in [0, 0.1) is 6.92 Å². The molecule has 0 spiro atoms. The summed E-state index contributed by atoms with van der Waals surface area (Å²) < 4.78 is 5.42. The van der Waals surface area contributed by atoms with Crippen LogP contribution in [-0.4, -0.2) is 43.7 Å². The van der Waals surface area contributed by atoms with Crippen LogP contribution in [0.2, 0.25) is 0 Å². The molecule has 2 rings (SSSR count). The number of phenolic OH excluding ortho intramolecular Hbond substituents is 1. The minimum absolute atomic E-state index is 0.0325. The number of hydrogen-bond acceptors (Lipinski definition) is 4. The van der Waals surface area contributed by atoms with Crippen molar-refractivity contribution in [3.8, 4) is 11.5 Å². The van der Waals surface area contributed by atoms with Crippen LogP contribution >= 0.6 is 0 Å². The molecule has 0 fully saturated rings. The van der Waals surface area contributed by atoms with Gasteiger partial charge in [-0.05, 0) is 37.6 Å². The molecule has 7 heteroatoms. The van der Waals surface area contributed by atoms with Gasteiger partial charge in [-0.15, -0.1) is 0 Å². The van der Waals surface area contributed by atoms with Crippen molar-refractivity contribution in [2.45, 2.75) is 20.4 Å². The number of phenols is 1. The zero-order valence-electron chi connectivity index (χ0n) is 16.6. The normalized spacial score (nSPS) is 11.0. The minimum Gasteiger partial charge on any atom is -0.507 e. The lowest BCUT2D eigenvalue weighted by Crippen LogP contribution is -2.41. The number of aromatic hydroxyl groups is 1. The monoisotopic (exact) mass is 384 g/mol. The number of carbonyl (C=O) groups is 1. The second-order valence-corrected chi connectivity index (χ2v) is 6.21. The highest BCUT2D eigenvalue weighted by molar-refractivity contribution is 5.96. The maximum absolute atomic E-state index is 12.1. The van der Waals surface area contributed by atoms with E-state index in [1.54, 1.807) is 25.3 Å². The molecule has 4 N–H and O–H groups in total. The van der Waals surface area contributed by atoms with Crippen LogP contribution in [0.25, 0.3) is 0 Å². The van der Waals surface area contributed by atoms with Crippen LogP contribution in [-0.2, 0) is 6.54 Å². The zero-order valence-corrected chi connectivity index (χ0v) is 16.6. The first kappa shape index (κ1) is 21.1. The van der Waals surface area contributed by atoms with E-state index < -0.39 is 0 Å². The third-order valence-corrected chi connectivity index (χ3v) is 4.05. The van der Waals surface area contributed by atoms with Crippen LogP contribution in [0.5, 0.6) is 11.5 Å². The number of aliphatic imine (C=N–C) groups is 1. The van der Waals surface area contributed by atoms with Gasteiger partial charge in [-0.1, -0.05) is 24.3 Å². The van der Waals surface area contributed by atoms with Crippen LogP contribution < -0.4 is 20.7 Å². The molecule has 0 unspecified atom stereocenters. The maximum atomic E-state index is 12.1. The second-order valence-electron chi connectivity index (χ2n) is 6.21. The van der Waals surface area contributed by atoms with Crippen molar-refractivity contribution in [2.24, 2.45) is 4.99 Å². The summed E-state index contributed by atoms with van der Waals surface area (Å²) >= 11 is 0. The summed E-state index contributed by atoms with van der Waals surface area (Å²) in [6.07, 6.45) is 0. The number of benzene rings is 2. The number of nitrogens with one attached hydrogen (secondary N) is 3. The Bertz CT molecular complexity index is 821. The Morgan fingerprint density at radius 2 is 1.86 bits per heavy atom. The van der Waals surface area contributed by atoms with E-state index in [2.05, 4.69) is 20.9 Å². The molecule has 0 aliphatic carbocycles. The summed E-state index contributed by atoms with van der Waals surface area (Å²) in [6.45, 7) is 6.10. The van der Waals surface area contributed by atoms with Crippen LogP contribution in [0.4, 0.5) is 0 Å². The highest BCUT2D eigenvalue weighted by atomic mass is 16.5. The van der Waals surface area contributed by atoms with Crippen LogP contribution in [0.15, 0.2) is 47.5 Å². The third kappa shape index (κ3) is 6.19. The molecule has 0 saturated heterocycles. The Morgan fingerprint density at radius 3 is 2.57 bits per heavy atom. The maximum Gasteiger partial charge on any atom is 0.255 e. The molecule has 2 aromatic carbocycles. The number of aryl methyl sites for hydroxylation is 1. The molecule has 0 aliphatic heterocycles. The number of amides is 1. The number of guanidine groups is 1. The Hall–Kier alpha value is -3.22. The third-order valence-electron chi connectivity index (χ3n) is 4.05. The van der Waals surface area contributed by atoms with E-state index in [1.807, 2.05) is 32.0 Å². The predicted molar refractivity (Wildman–Crippen MR) is 111 cm³/mol. The zero-order chi connectivity index (χ0) is 20.4. The van der Waals surface area contributed by atoms with Gasteiger partial charge >= 0.3 is 0 Å². The fourth-order valence-electron chi connectivity index (χ4n) is 2.61. The number of ether oxygens (including phenoxy) is 1. The number of carbonyl (C=O) groups excluding carboxylic acids is 1. The molecule has 0 radical (unpaired) electrons. The molecule has 0 atom stereocenters. The molecule has 0 saturated carbocycles. The van der Waals surface area contributed by atoms with Crippen molar-refractivity contribution in [3.05, 3.63) is 59.2 Å². The summed E-state index contributed by atoms with van der Waals surface area (Å²) in [5, 5.41) is 18.8. The molecule has 0 heterocycles. The molecular weight excluding hydrogens is 356 g/mol. The van der Waals surface area contributed by atoms with Gasteiger partial charge in [-0.2, -0.15) is 0 Å². The van der Waals surface area contributed by atoms with Crippen molar-refractivity contribution >= 4 is 11.9 Å². The molecular formula is C21H28N4O3. The van der Waals surface area contributed by atoms with E-state index >= 15 is 0 Å². The topological polar surface area (TPSA) is 95.0 Å². The molecule has 0 aliphatic rings. The van der Waals surface area contributed by atoms with Crippen LogP contribution in [0.3, 0.4) is 0 Å². The van der Waals surface area contributed by atoms with E-state index in [0.29, 0.717) is 25.6 Å². The van der Waals surface area contributed by atoms with Gasteiger partial charge in [0.1, 0.15) is 11.5 Å². The summed E-state index contributed by atoms with van der Waals surface area (Å²) in [6, 6.07) is 12.5. The van der Waals surface area contributed by atoms with E-state index in [1.165, 1.54) is 6.07 Å². The summed E-state index contributed by atoms with van der Waals surface area (Å²) in [7, 11) is 1.65. The highest BCUT2D eigenvalue weighted by Crippen LogP contribution is 2.20. The fraction of sp³-hybridized carbons (Fsp3) is 0.333. The number of methoxy groups -OCH3 is 1. The van der Waals surface area contributed by atoms with Crippen molar-refractivity contribution in [2.75, 3.05) is 26.7 Å². The van der Waals surface area contributed by atoms with Crippen molar-refractivity contribution < 1.29 is 14.6 Å². The lowest BCUT2D eigenvalue weighted by atomic mass is 10.1. The standard InChI is InChI=1S/C21H28N4O3/c1-4-22-21(25-14-16-10-9-15(2)13-19(16)28-3)24-12-11-23-20(27)17-7-5-6-8-18(17)26/h5-10,13,26H,4,11-12,14H2,1-3H3,(H,23,27)(H2,22,24,25). The van der Waals surface area contributed by atoms with E-state index in [4.69, 9.17) is 4.74 Å². The SMILES string of the molecule is CCNC(=NCc1ccc(C)cc1OC)NCCNC(=O)c1ccccc1O. The average Bonchev–Trinajstić information content (AvgIpc) is 2.70. The molecule has 7 nitrogen and oxygen atoms in total. The molecule has 0 bridgehead atoms. The van der Waals surface area contributed by atoms with E-state index in [9.17, 15) is 9.90 Å². The first-order valence-electron chi connectivity index (χ1n) is 9.27. The minimum atomic E-state index is -0.314. The smallest absolute Gasteiger partial charge is 0.255 e. The van der Waals surface area contributed by atoms with Gasteiger partial charge in [-0.25, -0.2) is 4.99 Å². The van der Waals surface area contributed by atoms with Gasteiger partial charge in [0, 0.05) is 25.2 Å². The largest absolute Gasteiger partial charge is 0.507 e.